The second-order valence-electron chi connectivity index (χ2n) is 5.94. The molecular formula is C16H34N2. The lowest BCUT2D eigenvalue weighted by Gasteiger charge is -2.34. The van der Waals surface area contributed by atoms with E-state index in [1.54, 1.807) is 0 Å². The summed E-state index contributed by atoms with van der Waals surface area (Å²) in [4.78, 5) is 2.55. The first-order chi connectivity index (χ1) is 8.79. The van der Waals surface area contributed by atoms with Gasteiger partial charge in [0.2, 0.25) is 0 Å². The van der Waals surface area contributed by atoms with Gasteiger partial charge in [-0.25, -0.2) is 0 Å². The van der Waals surface area contributed by atoms with Crippen LogP contribution in [0.15, 0.2) is 0 Å². The quantitative estimate of drug-likeness (QED) is 0.824. The van der Waals surface area contributed by atoms with Crippen LogP contribution in [0.3, 0.4) is 0 Å². The molecule has 2 atom stereocenters. The van der Waals surface area contributed by atoms with Crippen LogP contribution in [0.25, 0.3) is 0 Å². The van der Waals surface area contributed by atoms with E-state index in [4.69, 9.17) is 0 Å². The summed E-state index contributed by atoms with van der Waals surface area (Å²) in [6.45, 7) is 3.45. The lowest BCUT2D eigenvalue weighted by atomic mass is 9.93. The standard InChI is InChI=1S/C16H34N2/c1-4-18(3)16-14-12-10-8-6-5-7-9-11-13-15(16)17-2/h15-17H,4-14H2,1-3H3. The molecule has 1 fully saturated rings. The highest BCUT2D eigenvalue weighted by atomic mass is 15.2. The molecule has 0 amide bonds. The Labute approximate surface area is 115 Å². The first kappa shape index (κ1) is 16.0. The molecular weight excluding hydrogens is 220 g/mol. The molecule has 1 rings (SSSR count). The number of hydrogen-bond donors (Lipinski definition) is 1. The van der Waals surface area contributed by atoms with E-state index in [1.807, 2.05) is 0 Å². The fourth-order valence-electron chi connectivity index (χ4n) is 3.27. The summed E-state index contributed by atoms with van der Waals surface area (Å²) in [6.07, 6.45) is 14.2. The fraction of sp³-hybridized carbons (Fsp3) is 1.00. The van der Waals surface area contributed by atoms with Crippen molar-refractivity contribution in [1.82, 2.24) is 10.2 Å². The molecule has 18 heavy (non-hydrogen) atoms. The van der Waals surface area contributed by atoms with E-state index in [1.165, 1.54) is 70.8 Å². The first-order valence-electron chi connectivity index (χ1n) is 8.17. The van der Waals surface area contributed by atoms with Gasteiger partial charge in [-0.2, -0.15) is 0 Å². The van der Waals surface area contributed by atoms with Crippen LogP contribution in [0.5, 0.6) is 0 Å². The maximum atomic E-state index is 3.58. The Morgan fingerprint density at radius 3 is 1.89 bits per heavy atom. The normalized spacial score (nSPS) is 28.7. The molecule has 1 aliphatic carbocycles. The molecule has 0 aromatic rings. The number of nitrogens with zero attached hydrogens (tertiary/aromatic N) is 1. The van der Waals surface area contributed by atoms with Gasteiger partial charge in [0.15, 0.2) is 0 Å². The minimum absolute atomic E-state index is 0.689. The van der Waals surface area contributed by atoms with Gasteiger partial charge in [-0.15, -0.1) is 0 Å². The summed E-state index contributed by atoms with van der Waals surface area (Å²) in [6, 6.07) is 1.42. The van der Waals surface area contributed by atoms with Crippen LogP contribution in [-0.2, 0) is 0 Å². The molecule has 0 aliphatic heterocycles. The minimum atomic E-state index is 0.689. The van der Waals surface area contributed by atoms with Crippen LogP contribution in [0.2, 0.25) is 0 Å². The van der Waals surface area contributed by atoms with E-state index in [0.29, 0.717) is 6.04 Å². The van der Waals surface area contributed by atoms with Gasteiger partial charge in [-0.05, 0) is 33.5 Å². The summed E-state index contributed by atoms with van der Waals surface area (Å²) < 4.78 is 0. The third-order valence-electron chi connectivity index (χ3n) is 4.67. The van der Waals surface area contributed by atoms with Crippen LogP contribution < -0.4 is 5.32 Å². The van der Waals surface area contributed by atoms with Gasteiger partial charge in [0, 0.05) is 12.1 Å². The van der Waals surface area contributed by atoms with Gasteiger partial charge in [-0.3, -0.25) is 0 Å². The number of nitrogens with one attached hydrogen (secondary N) is 1. The van der Waals surface area contributed by atoms with Gasteiger partial charge in [0.25, 0.3) is 0 Å². The smallest absolute Gasteiger partial charge is 0.0246 e. The first-order valence-corrected chi connectivity index (χ1v) is 8.17. The summed E-state index contributed by atoms with van der Waals surface area (Å²) in [5, 5.41) is 3.58. The maximum Gasteiger partial charge on any atom is 0.0246 e. The average Bonchev–Trinajstić information content (AvgIpc) is 2.38. The Balaban J connectivity index is 2.54. The highest BCUT2D eigenvalue weighted by Crippen LogP contribution is 2.20. The van der Waals surface area contributed by atoms with Crippen LogP contribution in [-0.4, -0.2) is 37.6 Å². The van der Waals surface area contributed by atoms with E-state index in [9.17, 15) is 0 Å². The average molecular weight is 254 g/mol. The van der Waals surface area contributed by atoms with Crippen molar-refractivity contribution in [3.8, 4) is 0 Å². The molecule has 0 saturated heterocycles. The molecule has 1 saturated carbocycles. The second kappa shape index (κ2) is 9.80. The molecule has 1 N–H and O–H groups in total. The van der Waals surface area contributed by atoms with E-state index < -0.39 is 0 Å². The van der Waals surface area contributed by atoms with E-state index >= 15 is 0 Å². The largest absolute Gasteiger partial charge is 0.315 e. The van der Waals surface area contributed by atoms with Crippen LogP contribution >= 0.6 is 0 Å². The molecule has 108 valence electrons. The van der Waals surface area contributed by atoms with Crippen molar-refractivity contribution in [2.45, 2.75) is 83.2 Å². The zero-order valence-corrected chi connectivity index (χ0v) is 12.9. The van der Waals surface area contributed by atoms with E-state index in [2.05, 4.69) is 31.2 Å². The van der Waals surface area contributed by atoms with Crippen LogP contribution in [0, 0.1) is 0 Å². The van der Waals surface area contributed by atoms with Gasteiger partial charge < -0.3 is 10.2 Å². The van der Waals surface area contributed by atoms with E-state index in [0.717, 1.165) is 6.04 Å². The van der Waals surface area contributed by atoms with Crippen molar-refractivity contribution in [2.75, 3.05) is 20.6 Å². The highest BCUT2D eigenvalue weighted by molar-refractivity contribution is 4.82. The molecule has 1 aliphatic rings. The van der Waals surface area contributed by atoms with Gasteiger partial charge >= 0.3 is 0 Å². The van der Waals surface area contributed by atoms with Crippen LogP contribution in [0.1, 0.15) is 71.1 Å². The lowest BCUT2D eigenvalue weighted by molar-refractivity contribution is 0.180. The summed E-state index contributed by atoms with van der Waals surface area (Å²) in [5.74, 6) is 0. The van der Waals surface area contributed by atoms with Crippen molar-refractivity contribution >= 4 is 0 Å². The predicted molar refractivity (Wildman–Crippen MR) is 81.1 cm³/mol. The number of rotatable bonds is 3. The van der Waals surface area contributed by atoms with Crippen molar-refractivity contribution in [3.05, 3.63) is 0 Å². The lowest BCUT2D eigenvalue weighted by Crippen LogP contribution is -2.47. The molecule has 0 aromatic carbocycles. The number of likely N-dealkylation sites (N-methyl/N-ethyl adjacent to an activating group) is 2. The van der Waals surface area contributed by atoms with Crippen molar-refractivity contribution < 1.29 is 0 Å². The molecule has 2 nitrogen and oxygen atoms in total. The molecule has 0 radical (unpaired) electrons. The zero-order valence-electron chi connectivity index (χ0n) is 12.9. The third kappa shape index (κ3) is 5.71. The minimum Gasteiger partial charge on any atom is -0.315 e. The molecule has 0 heterocycles. The zero-order chi connectivity index (χ0) is 13.2. The Bertz CT molecular complexity index is 194. The molecule has 2 heteroatoms. The Morgan fingerprint density at radius 1 is 0.889 bits per heavy atom. The molecule has 0 aromatic heterocycles. The summed E-state index contributed by atoms with van der Waals surface area (Å²) in [5.41, 5.74) is 0. The molecule has 0 bridgehead atoms. The van der Waals surface area contributed by atoms with Gasteiger partial charge in [0.1, 0.15) is 0 Å². The van der Waals surface area contributed by atoms with Gasteiger partial charge in [-0.1, -0.05) is 58.3 Å². The van der Waals surface area contributed by atoms with Gasteiger partial charge in [0.05, 0.1) is 0 Å². The summed E-state index contributed by atoms with van der Waals surface area (Å²) in [7, 11) is 4.44. The Kier molecular flexibility index (Phi) is 8.70. The topological polar surface area (TPSA) is 15.3 Å². The highest BCUT2D eigenvalue weighted by Gasteiger charge is 2.22. The monoisotopic (exact) mass is 254 g/mol. The fourth-order valence-corrected chi connectivity index (χ4v) is 3.27. The maximum absolute atomic E-state index is 3.58. The molecule has 0 spiro atoms. The van der Waals surface area contributed by atoms with Crippen LogP contribution in [0.4, 0.5) is 0 Å². The summed E-state index contributed by atoms with van der Waals surface area (Å²) >= 11 is 0. The predicted octanol–water partition coefficient (Wildman–Crippen LogP) is 3.81. The van der Waals surface area contributed by atoms with Crippen molar-refractivity contribution in [3.63, 3.8) is 0 Å². The number of hydrogen-bond acceptors (Lipinski definition) is 2. The van der Waals surface area contributed by atoms with Crippen molar-refractivity contribution in [2.24, 2.45) is 0 Å². The second-order valence-corrected chi connectivity index (χ2v) is 5.94. The molecule has 2 unspecified atom stereocenters. The van der Waals surface area contributed by atoms with Crippen molar-refractivity contribution in [1.29, 1.82) is 0 Å². The third-order valence-corrected chi connectivity index (χ3v) is 4.67. The SMILES string of the molecule is CCN(C)C1CCCCCCCCCCC1NC. The Morgan fingerprint density at radius 2 is 1.39 bits per heavy atom. The Hall–Kier alpha value is -0.0800. The van der Waals surface area contributed by atoms with E-state index in [-0.39, 0.29) is 0 Å².